The maximum Gasteiger partial charge on any atom is 0.318 e. The van der Waals surface area contributed by atoms with Gasteiger partial charge < -0.3 is 9.84 Å². The molecule has 0 spiro atoms. The number of carboxylic acid groups (broad SMARTS) is 1. The van der Waals surface area contributed by atoms with Gasteiger partial charge in [-0.25, -0.2) is 16.8 Å². The number of carbonyl (C=O) groups is 1. The van der Waals surface area contributed by atoms with E-state index in [-0.39, 0.29) is 22.8 Å². The Kier molecular flexibility index (Phi) is 4.97. The predicted molar refractivity (Wildman–Crippen MR) is 81.6 cm³/mol. The molecule has 1 saturated heterocycles. The molecule has 0 radical (unpaired) electrons. The number of rotatable bonds is 6. The van der Waals surface area contributed by atoms with Crippen molar-refractivity contribution in [1.29, 1.82) is 0 Å². The first-order valence-corrected chi connectivity index (χ1v) is 10.00. The van der Waals surface area contributed by atoms with E-state index in [1.54, 1.807) is 0 Å². The summed E-state index contributed by atoms with van der Waals surface area (Å²) in [6.07, 6.45) is 0.0883. The number of carboxylic acids is 1. The number of benzene rings is 1. The van der Waals surface area contributed by atoms with Crippen molar-refractivity contribution in [3.05, 3.63) is 24.3 Å². The minimum Gasteiger partial charge on any atom is -0.497 e. The molecule has 10 heteroatoms. The Bertz CT molecular complexity index is 784. The van der Waals surface area contributed by atoms with Gasteiger partial charge in [-0.05, 0) is 30.7 Å². The molecule has 1 fully saturated rings. The van der Waals surface area contributed by atoms with Crippen LogP contribution >= 0.6 is 0 Å². The van der Waals surface area contributed by atoms with Gasteiger partial charge in [0.15, 0.2) is 9.84 Å². The molecule has 1 atom stereocenters. The number of methoxy groups -OCH3 is 1. The fraction of sp³-hybridized carbons (Fsp3) is 0.462. The molecule has 0 saturated carbocycles. The Morgan fingerprint density at radius 3 is 2.39 bits per heavy atom. The standard InChI is InChI=1S/C13H17NO7S2/c1-21-11-2-4-12(5-3-11)23(19,20)14(8-13(15)16)10-6-7-22(17,18)9-10/h2-5,10H,6-9H2,1H3,(H,15,16)/t10-/m0/s1. The Morgan fingerprint density at radius 2 is 1.96 bits per heavy atom. The van der Waals surface area contributed by atoms with Gasteiger partial charge in [-0.1, -0.05) is 0 Å². The fourth-order valence-corrected chi connectivity index (χ4v) is 5.86. The van der Waals surface area contributed by atoms with E-state index in [1.165, 1.54) is 31.4 Å². The summed E-state index contributed by atoms with van der Waals surface area (Å²) in [5.74, 6) is -1.40. The van der Waals surface area contributed by atoms with Crippen molar-refractivity contribution in [2.24, 2.45) is 0 Å². The Labute approximate surface area is 134 Å². The fourth-order valence-electron chi connectivity index (χ4n) is 2.43. The van der Waals surface area contributed by atoms with Crippen LogP contribution in [0.15, 0.2) is 29.2 Å². The van der Waals surface area contributed by atoms with Gasteiger partial charge in [-0.3, -0.25) is 4.79 Å². The van der Waals surface area contributed by atoms with Crippen molar-refractivity contribution < 1.29 is 31.5 Å². The molecule has 2 rings (SSSR count). The van der Waals surface area contributed by atoms with Gasteiger partial charge in [0.2, 0.25) is 10.0 Å². The monoisotopic (exact) mass is 363 g/mol. The number of sulfonamides is 1. The van der Waals surface area contributed by atoms with Crippen molar-refractivity contribution in [2.45, 2.75) is 17.4 Å². The molecule has 1 aromatic rings. The van der Waals surface area contributed by atoms with Gasteiger partial charge >= 0.3 is 5.97 Å². The predicted octanol–water partition coefficient (Wildman–Crippen LogP) is -0.0424. The van der Waals surface area contributed by atoms with E-state index in [2.05, 4.69) is 0 Å². The summed E-state index contributed by atoms with van der Waals surface area (Å²) in [4.78, 5) is 10.9. The maximum absolute atomic E-state index is 12.7. The van der Waals surface area contributed by atoms with E-state index in [1.807, 2.05) is 0 Å². The first-order chi connectivity index (χ1) is 10.7. The number of sulfone groups is 1. The Morgan fingerprint density at radius 1 is 1.35 bits per heavy atom. The zero-order chi connectivity index (χ0) is 17.3. The van der Waals surface area contributed by atoms with Gasteiger partial charge in [0.05, 0.1) is 23.5 Å². The lowest BCUT2D eigenvalue weighted by atomic mass is 10.2. The van der Waals surface area contributed by atoms with E-state index in [0.717, 1.165) is 4.31 Å². The van der Waals surface area contributed by atoms with Crippen LogP contribution in [0.2, 0.25) is 0 Å². The summed E-state index contributed by atoms with van der Waals surface area (Å²) < 4.78 is 54.3. The molecular weight excluding hydrogens is 346 g/mol. The van der Waals surface area contributed by atoms with Crippen LogP contribution in [0.3, 0.4) is 0 Å². The molecule has 0 bridgehead atoms. The Hall–Kier alpha value is -1.65. The van der Waals surface area contributed by atoms with Crippen molar-refractivity contribution in [3.63, 3.8) is 0 Å². The number of nitrogens with zero attached hydrogens (tertiary/aromatic N) is 1. The van der Waals surface area contributed by atoms with Crippen LogP contribution in [0.1, 0.15) is 6.42 Å². The van der Waals surface area contributed by atoms with Gasteiger partial charge in [-0.15, -0.1) is 0 Å². The van der Waals surface area contributed by atoms with Gasteiger partial charge in [0.25, 0.3) is 0 Å². The van der Waals surface area contributed by atoms with Crippen LogP contribution in [-0.4, -0.2) is 63.4 Å². The highest BCUT2D eigenvalue weighted by Crippen LogP contribution is 2.26. The third-order valence-corrected chi connectivity index (χ3v) is 7.24. The summed E-state index contributed by atoms with van der Waals surface area (Å²) in [5, 5.41) is 8.99. The topological polar surface area (TPSA) is 118 Å². The third kappa shape index (κ3) is 4.01. The molecule has 0 amide bonds. The third-order valence-electron chi connectivity index (χ3n) is 3.57. The molecule has 23 heavy (non-hydrogen) atoms. The first kappa shape index (κ1) is 17.7. The second kappa shape index (κ2) is 6.46. The lowest BCUT2D eigenvalue weighted by Gasteiger charge is -2.25. The number of hydrogen-bond donors (Lipinski definition) is 1. The zero-order valence-electron chi connectivity index (χ0n) is 12.4. The largest absolute Gasteiger partial charge is 0.497 e. The molecule has 8 nitrogen and oxygen atoms in total. The van der Waals surface area contributed by atoms with Crippen molar-refractivity contribution in [3.8, 4) is 5.75 Å². The van der Waals surface area contributed by atoms with E-state index in [9.17, 15) is 21.6 Å². The van der Waals surface area contributed by atoms with Crippen LogP contribution in [-0.2, 0) is 24.7 Å². The maximum atomic E-state index is 12.7. The minimum atomic E-state index is -4.12. The van der Waals surface area contributed by atoms with Gasteiger partial charge in [-0.2, -0.15) is 4.31 Å². The van der Waals surface area contributed by atoms with E-state index in [4.69, 9.17) is 9.84 Å². The number of ether oxygens (including phenoxy) is 1. The highest BCUT2D eigenvalue weighted by molar-refractivity contribution is 7.92. The smallest absolute Gasteiger partial charge is 0.318 e. The second-order valence-corrected chi connectivity index (χ2v) is 9.30. The molecule has 1 aliphatic heterocycles. The average molecular weight is 363 g/mol. The molecule has 1 N–H and O–H groups in total. The Balaban J connectivity index is 2.38. The first-order valence-electron chi connectivity index (χ1n) is 6.74. The second-order valence-electron chi connectivity index (χ2n) is 5.18. The van der Waals surface area contributed by atoms with Crippen molar-refractivity contribution >= 4 is 25.8 Å². The SMILES string of the molecule is COc1ccc(S(=O)(=O)N(CC(=O)O)[C@H]2CCS(=O)(=O)C2)cc1. The zero-order valence-corrected chi connectivity index (χ0v) is 14.0. The highest BCUT2D eigenvalue weighted by Gasteiger charge is 2.39. The lowest BCUT2D eigenvalue weighted by molar-refractivity contribution is -0.137. The molecule has 1 aromatic carbocycles. The number of aliphatic carboxylic acids is 1. The lowest BCUT2D eigenvalue weighted by Crippen LogP contribution is -2.44. The molecule has 1 heterocycles. The minimum absolute atomic E-state index is 0.0883. The van der Waals surface area contributed by atoms with Gasteiger partial charge in [0.1, 0.15) is 12.3 Å². The number of hydrogen-bond acceptors (Lipinski definition) is 6. The molecule has 128 valence electrons. The van der Waals surface area contributed by atoms with E-state index in [0.29, 0.717) is 5.75 Å². The molecular formula is C13H17NO7S2. The van der Waals surface area contributed by atoms with Crippen LogP contribution in [0, 0.1) is 0 Å². The van der Waals surface area contributed by atoms with Crippen LogP contribution < -0.4 is 4.74 Å². The molecule has 0 unspecified atom stereocenters. The van der Waals surface area contributed by atoms with Crippen molar-refractivity contribution in [2.75, 3.05) is 25.2 Å². The van der Waals surface area contributed by atoms with Crippen LogP contribution in [0.5, 0.6) is 5.75 Å². The summed E-state index contributed by atoms with van der Waals surface area (Å²) in [6, 6.07) is 4.61. The summed E-state index contributed by atoms with van der Waals surface area (Å²) >= 11 is 0. The van der Waals surface area contributed by atoms with Gasteiger partial charge in [0, 0.05) is 6.04 Å². The van der Waals surface area contributed by atoms with E-state index < -0.39 is 38.4 Å². The van der Waals surface area contributed by atoms with Crippen LogP contribution in [0.25, 0.3) is 0 Å². The van der Waals surface area contributed by atoms with Crippen molar-refractivity contribution in [1.82, 2.24) is 4.31 Å². The molecule has 0 aliphatic carbocycles. The summed E-state index contributed by atoms with van der Waals surface area (Å²) in [7, 11) is -6.04. The average Bonchev–Trinajstić information content (AvgIpc) is 2.84. The quantitative estimate of drug-likeness (QED) is 0.753. The molecule has 1 aliphatic rings. The molecule has 0 aromatic heterocycles. The van der Waals surface area contributed by atoms with E-state index >= 15 is 0 Å². The highest BCUT2D eigenvalue weighted by atomic mass is 32.2. The summed E-state index contributed by atoms with van der Waals surface area (Å²) in [6.45, 7) is -0.783. The summed E-state index contributed by atoms with van der Waals surface area (Å²) in [5.41, 5.74) is 0. The van der Waals surface area contributed by atoms with Crippen LogP contribution in [0.4, 0.5) is 0 Å². The normalized spacial score (nSPS) is 20.5.